The molecule has 1 aromatic carbocycles. The van der Waals surface area contributed by atoms with Crippen LogP contribution in [0, 0.1) is 0 Å². The number of amides is 1. The number of thioether (sulfide) groups is 1. The Hall–Kier alpha value is -0.710. The van der Waals surface area contributed by atoms with E-state index < -0.39 is 0 Å². The highest BCUT2D eigenvalue weighted by molar-refractivity contribution is 7.99. The van der Waals surface area contributed by atoms with Crippen molar-refractivity contribution in [1.82, 2.24) is 10.6 Å². The summed E-state index contributed by atoms with van der Waals surface area (Å²) in [6.07, 6.45) is 2.02. The maximum Gasteiger partial charge on any atom is 0.251 e. The summed E-state index contributed by atoms with van der Waals surface area (Å²) in [6, 6.07) is 8.69. The van der Waals surface area contributed by atoms with Crippen molar-refractivity contribution in [2.75, 3.05) is 6.54 Å². The maximum atomic E-state index is 12.2. The Balaban J connectivity index is 0.00000220. The first-order valence-corrected chi connectivity index (χ1v) is 8.23. The van der Waals surface area contributed by atoms with Gasteiger partial charge in [-0.2, -0.15) is 0 Å². The van der Waals surface area contributed by atoms with Crippen LogP contribution >= 0.6 is 24.2 Å². The Bertz CT molecular complexity index is 450. The Morgan fingerprint density at radius 2 is 2.00 bits per heavy atom. The van der Waals surface area contributed by atoms with E-state index in [-0.39, 0.29) is 18.3 Å². The van der Waals surface area contributed by atoms with Crippen LogP contribution in [0.5, 0.6) is 0 Å². The minimum Gasteiger partial charge on any atom is -0.349 e. The molecule has 0 saturated carbocycles. The molecule has 1 heterocycles. The first kappa shape index (κ1) is 18.3. The summed E-state index contributed by atoms with van der Waals surface area (Å²) in [5.41, 5.74) is 0.754. The zero-order chi connectivity index (χ0) is 14.5. The van der Waals surface area contributed by atoms with Crippen LogP contribution in [0.4, 0.5) is 0 Å². The molecule has 0 aliphatic carbocycles. The smallest absolute Gasteiger partial charge is 0.251 e. The van der Waals surface area contributed by atoms with Crippen molar-refractivity contribution < 1.29 is 4.79 Å². The fourth-order valence-electron chi connectivity index (χ4n) is 2.49. The lowest BCUT2D eigenvalue weighted by atomic mass is 10.0. The first-order chi connectivity index (χ1) is 9.54. The van der Waals surface area contributed by atoms with Gasteiger partial charge < -0.3 is 10.6 Å². The molecule has 5 heteroatoms. The molecule has 1 saturated heterocycles. The van der Waals surface area contributed by atoms with E-state index in [1.54, 1.807) is 0 Å². The van der Waals surface area contributed by atoms with E-state index in [2.05, 4.69) is 31.4 Å². The summed E-state index contributed by atoms with van der Waals surface area (Å²) in [6.45, 7) is 7.49. The number of piperidine rings is 1. The molecule has 118 valence electrons. The summed E-state index contributed by atoms with van der Waals surface area (Å²) in [5.74, 6) is 0.0465. The third-order valence-corrected chi connectivity index (χ3v) is 4.46. The Kier molecular flexibility index (Phi) is 7.57. The SMILES string of the molecule is CC1CC(NC(=O)c2ccc(SC(C)C)cc2)CCN1.Cl. The first-order valence-electron chi connectivity index (χ1n) is 7.35. The number of rotatable bonds is 4. The van der Waals surface area contributed by atoms with E-state index in [1.807, 2.05) is 36.0 Å². The van der Waals surface area contributed by atoms with Gasteiger partial charge in [0.1, 0.15) is 0 Å². The van der Waals surface area contributed by atoms with E-state index in [0.717, 1.165) is 24.9 Å². The van der Waals surface area contributed by atoms with Gasteiger partial charge in [0.25, 0.3) is 5.91 Å². The summed E-state index contributed by atoms with van der Waals surface area (Å²) in [5, 5.41) is 7.10. The molecular formula is C16H25ClN2OS. The van der Waals surface area contributed by atoms with E-state index in [4.69, 9.17) is 0 Å². The molecular weight excluding hydrogens is 304 g/mol. The van der Waals surface area contributed by atoms with Crippen LogP contribution in [0.3, 0.4) is 0 Å². The van der Waals surface area contributed by atoms with Gasteiger partial charge in [0.15, 0.2) is 0 Å². The summed E-state index contributed by atoms with van der Waals surface area (Å²) in [7, 11) is 0. The largest absolute Gasteiger partial charge is 0.349 e. The van der Waals surface area contributed by atoms with Gasteiger partial charge in [-0.25, -0.2) is 0 Å². The molecule has 1 aliphatic rings. The number of carbonyl (C=O) groups is 1. The van der Waals surface area contributed by atoms with Crippen molar-refractivity contribution in [2.24, 2.45) is 0 Å². The van der Waals surface area contributed by atoms with E-state index in [0.29, 0.717) is 17.3 Å². The molecule has 21 heavy (non-hydrogen) atoms. The number of halogens is 1. The Morgan fingerprint density at radius 3 is 2.57 bits per heavy atom. The molecule has 1 fully saturated rings. The van der Waals surface area contributed by atoms with Gasteiger partial charge in [0, 0.05) is 27.8 Å². The quantitative estimate of drug-likeness (QED) is 0.831. The van der Waals surface area contributed by atoms with Crippen molar-refractivity contribution in [3.8, 4) is 0 Å². The van der Waals surface area contributed by atoms with Crippen LogP contribution < -0.4 is 10.6 Å². The monoisotopic (exact) mass is 328 g/mol. The normalized spacial score (nSPS) is 21.7. The van der Waals surface area contributed by atoms with Gasteiger partial charge in [-0.1, -0.05) is 13.8 Å². The molecule has 3 nitrogen and oxygen atoms in total. The lowest BCUT2D eigenvalue weighted by Gasteiger charge is -2.28. The molecule has 1 aliphatic heterocycles. The fourth-order valence-corrected chi connectivity index (χ4v) is 3.33. The summed E-state index contributed by atoms with van der Waals surface area (Å²) < 4.78 is 0. The summed E-state index contributed by atoms with van der Waals surface area (Å²) in [4.78, 5) is 13.4. The minimum atomic E-state index is 0. The number of hydrogen-bond donors (Lipinski definition) is 2. The Morgan fingerprint density at radius 1 is 1.33 bits per heavy atom. The molecule has 2 unspecified atom stereocenters. The standard InChI is InChI=1S/C16H24N2OS.ClH/c1-11(2)20-15-6-4-13(5-7-15)16(19)18-14-8-9-17-12(3)10-14;/h4-7,11-12,14,17H,8-10H2,1-3H3,(H,18,19);1H. The topological polar surface area (TPSA) is 41.1 Å². The number of nitrogens with one attached hydrogen (secondary N) is 2. The lowest BCUT2D eigenvalue weighted by molar-refractivity contribution is 0.0925. The predicted molar refractivity (Wildman–Crippen MR) is 92.6 cm³/mol. The number of benzene rings is 1. The third-order valence-electron chi connectivity index (χ3n) is 3.45. The number of hydrogen-bond acceptors (Lipinski definition) is 3. The number of carbonyl (C=O) groups excluding carboxylic acids is 1. The van der Waals surface area contributed by atoms with Gasteiger partial charge in [0.05, 0.1) is 0 Å². The molecule has 2 N–H and O–H groups in total. The molecule has 2 atom stereocenters. The molecule has 0 bridgehead atoms. The van der Waals surface area contributed by atoms with Crippen molar-refractivity contribution in [3.05, 3.63) is 29.8 Å². The molecule has 0 aromatic heterocycles. The maximum absolute atomic E-state index is 12.2. The molecule has 0 radical (unpaired) electrons. The average molecular weight is 329 g/mol. The second-order valence-corrected chi connectivity index (χ2v) is 7.39. The fraction of sp³-hybridized carbons (Fsp3) is 0.562. The van der Waals surface area contributed by atoms with E-state index >= 15 is 0 Å². The lowest BCUT2D eigenvalue weighted by Crippen LogP contribution is -2.46. The van der Waals surface area contributed by atoms with E-state index in [1.165, 1.54) is 4.90 Å². The second-order valence-electron chi connectivity index (χ2n) is 5.74. The van der Waals surface area contributed by atoms with Gasteiger partial charge in [-0.15, -0.1) is 24.2 Å². The third kappa shape index (κ3) is 5.89. The van der Waals surface area contributed by atoms with Crippen LogP contribution in [0.15, 0.2) is 29.2 Å². The predicted octanol–water partition coefficient (Wildman–Crippen LogP) is 3.48. The van der Waals surface area contributed by atoms with Crippen LogP contribution in [0.2, 0.25) is 0 Å². The van der Waals surface area contributed by atoms with E-state index in [9.17, 15) is 4.79 Å². The molecule has 2 rings (SSSR count). The summed E-state index contributed by atoms with van der Waals surface area (Å²) >= 11 is 1.81. The van der Waals surface area contributed by atoms with Gasteiger partial charge in [-0.3, -0.25) is 4.79 Å². The Labute approximate surface area is 138 Å². The molecule has 1 amide bonds. The van der Waals surface area contributed by atoms with Gasteiger partial charge in [-0.05, 0) is 50.6 Å². The molecule has 0 spiro atoms. The van der Waals surface area contributed by atoms with Crippen LogP contribution in [-0.4, -0.2) is 29.8 Å². The van der Waals surface area contributed by atoms with Crippen molar-refractivity contribution >= 4 is 30.1 Å². The highest BCUT2D eigenvalue weighted by Crippen LogP contribution is 2.23. The molecule has 1 aromatic rings. The highest BCUT2D eigenvalue weighted by atomic mass is 35.5. The van der Waals surface area contributed by atoms with Crippen molar-refractivity contribution in [1.29, 1.82) is 0 Å². The van der Waals surface area contributed by atoms with Crippen LogP contribution in [-0.2, 0) is 0 Å². The average Bonchev–Trinajstić information content (AvgIpc) is 2.38. The van der Waals surface area contributed by atoms with Gasteiger partial charge in [0.2, 0.25) is 0 Å². The van der Waals surface area contributed by atoms with Crippen LogP contribution in [0.1, 0.15) is 44.0 Å². The zero-order valence-corrected chi connectivity index (χ0v) is 14.5. The highest BCUT2D eigenvalue weighted by Gasteiger charge is 2.20. The van der Waals surface area contributed by atoms with Crippen molar-refractivity contribution in [2.45, 2.75) is 55.8 Å². The second kappa shape index (κ2) is 8.66. The minimum absolute atomic E-state index is 0. The van der Waals surface area contributed by atoms with Crippen molar-refractivity contribution in [3.63, 3.8) is 0 Å². The van der Waals surface area contributed by atoms with Crippen LogP contribution in [0.25, 0.3) is 0 Å². The zero-order valence-electron chi connectivity index (χ0n) is 12.9. The van der Waals surface area contributed by atoms with Gasteiger partial charge >= 0.3 is 0 Å².